The van der Waals surface area contributed by atoms with Gasteiger partial charge in [0.1, 0.15) is 10.3 Å². The molecular weight excluding hydrogens is 404 g/mol. The zero-order valence-corrected chi connectivity index (χ0v) is 17.4. The quantitative estimate of drug-likeness (QED) is 0.626. The van der Waals surface area contributed by atoms with Crippen molar-refractivity contribution in [3.05, 3.63) is 88.8 Å². The fourth-order valence-corrected chi connectivity index (χ4v) is 5.90. The summed E-state index contributed by atoms with van der Waals surface area (Å²) in [6, 6.07) is 19.1. The average molecular weight is 427 g/mol. The van der Waals surface area contributed by atoms with Crippen LogP contribution >= 0.6 is 11.3 Å². The van der Waals surface area contributed by atoms with Gasteiger partial charge in [-0.2, -0.15) is 4.72 Å². The Morgan fingerprint density at radius 3 is 2.52 bits per heavy atom. The van der Waals surface area contributed by atoms with Gasteiger partial charge in [-0.25, -0.2) is 8.42 Å². The number of hydrogen-bond donors (Lipinski definition) is 2. The van der Waals surface area contributed by atoms with Crippen molar-refractivity contribution in [2.75, 3.05) is 0 Å². The molecule has 0 bridgehead atoms. The minimum Gasteiger partial charge on any atom is -0.348 e. The molecule has 3 aromatic rings. The summed E-state index contributed by atoms with van der Waals surface area (Å²) in [5.41, 5.74) is 2.95. The summed E-state index contributed by atoms with van der Waals surface area (Å²) in [6.45, 7) is 0. The predicted octanol–water partition coefficient (Wildman–Crippen LogP) is 3.96. The van der Waals surface area contributed by atoms with Crippen LogP contribution < -0.4 is 10.0 Å². The van der Waals surface area contributed by atoms with Crippen molar-refractivity contribution >= 4 is 27.3 Å². The largest absolute Gasteiger partial charge is 0.348 e. The molecule has 2 N–H and O–H groups in total. The van der Waals surface area contributed by atoms with Crippen molar-refractivity contribution in [2.24, 2.45) is 0 Å². The van der Waals surface area contributed by atoms with E-state index in [1.54, 1.807) is 35.7 Å². The third-order valence-corrected chi connectivity index (χ3v) is 7.93. The highest BCUT2D eigenvalue weighted by atomic mass is 32.2. The van der Waals surface area contributed by atoms with E-state index in [1.165, 1.54) is 11.6 Å². The van der Waals surface area contributed by atoms with E-state index in [4.69, 9.17) is 0 Å². The van der Waals surface area contributed by atoms with Crippen LogP contribution in [0.25, 0.3) is 0 Å². The monoisotopic (exact) mass is 426 g/mol. The van der Waals surface area contributed by atoms with Crippen molar-refractivity contribution in [2.45, 2.75) is 35.6 Å². The van der Waals surface area contributed by atoms with Gasteiger partial charge in [-0.3, -0.25) is 4.79 Å². The number of amides is 1. The molecule has 1 aliphatic carbocycles. The SMILES string of the molecule is O=C(NC1CCCc2ccccc21)C(NS(=O)(=O)c1cccs1)c1ccccc1. The van der Waals surface area contributed by atoms with Gasteiger partial charge in [-0.1, -0.05) is 60.7 Å². The lowest BCUT2D eigenvalue weighted by Gasteiger charge is -2.28. The smallest absolute Gasteiger partial charge is 0.251 e. The standard InChI is InChI=1S/C22H22N2O3S2/c25-22(23-19-13-6-11-16-8-4-5-12-18(16)19)21(17-9-2-1-3-10-17)24-29(26,27)20-14-7-15-28-20/h1-5,7-10,12,14-15,19,21,24H,6,11,13H2,(H,23,25). The van der Waals surface area contributed by atoms with Gasteiger partial charge in [0.05, 0.1) is 6.04 Å². The molecule has 29 heavy (non-hydrogen) atoms. The van der Waals surface area contributed by atoms with Crippen LogP contribution in [-0.4, -0.2) is 14.3 Å². The average Bonchev–Trinajstić information content (AvgIpc) is 3.29. The molecule has 1 aromatic heterocycles. The highest BCUT2D eigenvalue weighted by Crippen LogP contribution is 2.30. The Balaban J connectivity index is 1.61. The van der Waals surface area contributed by atoms with Gasteiger partial charge in [0, 0.05) is 0 Å². The summed E-state index contributed by atoms with van der Waals surface area (Å²) in [4.78, 5) is 13.2. The minimum absolute atomic E-state index is 0.120. The second kappa shape index (κ2) is 8.49. The molecule has 1 amide bonds. The number of carbonyl (C=O) groups excluding carboxylic acids is 1. The molecule has 4 rings (SSSR count). The first kappa shape index (κ1) is 19.8. The van der Waals surface area contributed by atoms with E-state index in [-0.39, 0.29) is 16.2 Å². The van der Waals surface area contributed by atoms with Crippen LogP contribution in [-0.2, 0) is 21.2 Å². The van der Waals surface area contributed by atoms with Gasteiger partial charge in [0.25, 0.3) is 10.0 Å². The van der Waals surface area contributed by atoms with Crippen molar-refractivity contribution in [1.82, 2.24) is 10.0 Å². The summed E-state index contributed by atoms with van der Waals surface area (Å²) in [7, 11) is -3.80. The molecular formula is C22H22N2O3S2. The topological polar surface area (TPSA) is 75.3 Å². The summed E-state index contributed by atoms with van der Waals surface area (Å²) in [6.07, 6.45) is 2.82. The molecule has 150 valence electrons. The Labute approximate surface area is 174 Å². The molecule has 7 heteroatoms. The maximum absolute atomic E-state index is 13.2. The van der Waals surface area contributed by atoms with Crippen molar-refractivity contribution in [3.63, 3.8) is 0 Å². The van der Waals surface area contributed by atoms with Crippen LogP contribution in [0.4, 0.5) is 0 Å². The molecule has 0 saturated carbocycles. The second-order valence-electron chi connectivity index (χ2n) is 7.05. The van der Waals surface area contributed by atoms with E-state index < -0.39 is 16.1 Å². The Kier molecular flexibility index (Phi) is 5.80. The highest BCUT2D eigenvalue weighted by Gasteiger charge is 2.30. The first-order valence-corrected chi connectivity index (χ1v) is 11.9. The summed E-state index contributed by atoms with van der Waals surface area (Å²) in [5, 5.41) is 4.78. The molecule has 5 nitrogen and oxygen atoms in total. The molecule has 2 atom stereocenters. The van der Waals surface area contributed by atoms with Crippen LogP contribution in [0.3, 0.4) is 0 Å². The molecule has 1 aliphatic rings. The number of sulfonamides is 1. The Morgan fingerprint density at radius 2 is 1.76 bits per heavy atom. The first-order chi connectivity index (χ1) is 14.0. The normalized spacial score (nSPS) is 17.3. The molecule has 0 fully saturated rings. The van der Waals surface area contributed by atoms with Gasteiger partial charge in [-0.05, 0) is 47.4 Å². The second-order valence-corrected chi connectivity index (χ2v) is 9.94. The predicted molar refractivity (Wildman–Crippen MR) is 114 cm³/mol. The van der Waals surface area contributed by atoms with E-state index in [0.717, 1.165) is 36.2 Å². The first-order valence-electron chi connectivity index (χ1n) is 9.53. The molecule has 2 unspecified atom stereocenters. The summed E-state index contributed by atoms with van der Waals surface area (Å²) in [5.74, 6) is -0.349. The van der Waals surface area contributed by atoms with Crippen LogP contribution in [0.1, 0.15) is 41.6 Å². The highest BCUT2D eigenvalue weighted by molar-refractivity contribution is 7.91. The molecule has 0 aliphatic heterocycles. The van der Waals surface area contributed by atoms with E-state index in [2.05, 4.69) is 16.1 Å². The molecule has 2 aromatic carbocycles. The molecule has 0 saturated heterocycles. The number of carbonyl (C=O) groups is 1. The zero-order chi connectivity index (χ0) is 20.3. The lowest BCUT2D eigenvalue weighted by Crippen LogP contribution is -2.42. The third-order valence-electron chi connectivity index (χ3n) is 5.11. The number of nitrogens with one attached hydrogen (secondary N) is 2. The van der Waals surface area contributed by atoms with Gasteiger partial charge in [0.2, 0.25) is 5.91 Å². The Hall–Kier alpha value is -2.48. The van der Waals surface area contributed by atoms with E-state index >= 15 is 0 Å². The zero-order valence-electron chi connectivity index (χ0n) is 15.7. The lowest BCUT2D eigenvalue weighted by molar-refractivity contribution is -0.123. The molecule has 0 radical (unpaired) electrons. The molecule has 0 spiro atoms. The fourth-order valence-electron chi connectivity index (χ4n) is 3.71. The van der Waals surface area contributed by atoms with Gasteiger partial charge in [0.15, 0.2) is 0 Å². The lowest BCUT2D eigenvalue weighted by atomic mass is 9.87. The number of thiophene rings is 1. The number of aryl methyl sites for hydroxylation is 1. The molecule has 1 heterocycles. The van der Waals surface area contributed by atoms with Crippen LogP contribution in [0.2, 0.25) is 0 Å². The summed E-state index contributed by atoms with van der Waals surface area (Å²) < 4.78 is 28.4. The summed E-state index contributed by atoms with van der Waals surface area (Å²) >= 11 is 1.12. The number of hydrogen-bond acceptors (Lipinski definition) is 4. The maximum atomic E-state index is 13.2. The van der Waals surface area contributed by atoms with Crippen LogP contribution in [0.15, 0.2) is 76.3 Å². The Bertz CT molecular complexity index is 1080. The van der Waals surface area contributed by atoms with Crippen LogP contribution in [0, 0.1) is 0 Å². The maximum Gasteiger partial charge on any atom is 0.251 e. The number of benzene rings is 2. The third kappa shape index (κ3) is 4.42. The minimum atomic E-state index is -3.80. The number of rotatable bonds is 6. The van der Waals surface area contributed by atoms with Gasteiger partial charge >= 0.3 is 0 Å². The number of fused-ring (bicyclic) bond motifs is 1. The van der Waals surface area contributed by atoms with Gasteiger partial charge < -0.3 is 5.32 Å². The van der Waals surface area contributed by atoms with Crippen molar-refractivity contribution < 1.29 is 13.2 Å². The van der Waals surface area contributed by atoms with E-state index in [1.807, 2.05) is 24.3 Å². The van der Waals surface area contributed by atoms with Crippen LogP contribution in [0.5, 0.6) is 0 Å². The van der Waals surface area contributed by atoms with E-state index in [0.29, 0.717) is 5.56 Å². The van der Waals surface area contributed by atoms with E-state index in [9.17, 15) is 13.2 Å². The van der Waals surface area contributed by atoms with Gasteiger partial charge in [-0.15, -0.1) is 11.3 Å². The van der Waals surface area contributed by atoms with Crippen molar-refractivity contribution in [1.29, 1.82) is 0 Å². The van der Waals surface area contributed by atoms with Crippen molar-refractivity contribution in [3.8, 4) is 0 Å². The Morgan fingerprint density at radius 1 is 1.00 bits per heavy atom. The fraction of sp³-hybridized carbons (Fsp3) is 0.227.